The summed E-state index contributed by atoms with van der Waals surface area (Å²) in [5.74, 6) is -0.188. The minimum absolute atomic E-state index is 0.107. The zero-order chi connectivity index (χ0) is 23.1. The Morgan fingerprint density at radius 1 is 1.09 bits per heavy atom. The van der Waals surface area contributed by atoms with Crippen molar-refractivity contribution in [3.63, 3.8) is 0 Å². The molecule has 0 aliphatic rings. The highest BCUT2D eigenvalue weighted by Crippen LogP contribution is 2.29. The van der Waals surface area contributed by atoms with E-state index in [0.717, 1.165) is 5.56 Å². The van der Waals surface area contributed by atoms with Crippen molar-refractivity contribution in [1.29, 1.82) is 0 Å². The van der Waals surface area contributed by atoms with E-state index >= 15 is 0 Å². The molecule has 168 valence electrons. The maximum atomic E-state index is 13.0. The van der Waals surface area contributed by atoms with Crippen molar-refractivity contribution in [2.75, 3.05) is 12.4 Å². The lowest BCUT2D eigenvalue weighted by Crippen LogP contribution is -2.48. The Morgan fingerprint density at radius 2 is 1.84 bits per heavy atom. The molecule has 3 rings (SSSR count). The van der Waals surface area contributed by atoms with Crippen molar-refractivity contribution >= 4 is 39.9 Å². The Balaban J connectivity index is 1.71. The topological polar surface area (TPSA) is 93.2 Å². The SMILES string of the molecule is CCC(C)C(NC(=O)C(Cl)c1ccccc1)C(=O)Nc1nnc(-c2cccc(OC)c2)s1. The number of nitrogens with zero attached hydrogens (tertiary/aromatic N) is 2. The van der Waals surface area contributed by atoms with Crippen LogP contribution in [0.4, 0.5) is 5.13 Å². The number of amides is 2. The summed E-state index contributed by atoms with van der Waals surface area (Å²) < 4.78 is 5.24. The summed E-state index contributed by atoms with van der Waals surface area (Å²) in [5, 5.41) is 13.9. The molecule has 32 heavy (non-hydrogen) atoms. The number of anilines is 1. The predicted molar refractivity (Wildman–Crippen MR) is 127 cm³/mol. The summed E-state index contributed by atoms with van der Waals surface area (Å²) in [6, 6.07) is 15.7. The van der Waals surface area contributed by atoms with Crippen LogP contribution in [0.1, 0.15) is 31.2 Å². The molecule has 0 aliphatic heterocycles. The first-order chi connectivity index (χ1) is 15.4. The molecule has 7 nitrogen and oxygen atoms in total. The van der Waals surface area contributed by atoms with E-state index in [-0.39, 0.29) is 11.8 Å². The standard InChI is InChI=1S/C23H25ClN4O3S/c1-4-14(2)19(25-20(29)18(24)15-9-6-5-7-10-15)21(30)26-23-28-27-22(32-23)16-11-8-12-17(13-16)31-3/h5-14,18-19H,4H2,1-3H3,(H,25,29)(H,26,28,30). The van der Waals surface area contributed by atoms with Crippen LogP contribution >= 0.6 is 22.9 Å². The Bertz CT molecular complexity index is 1060. The van der Waals surface area contributed by atoms with E-state index in [1.807, 2.05) is 56.3 Å². The number of rotatable bonds is 9. The van der Waals surface area contributed by atoms with Gasteiger partial charge in [0.05, 0.1) is 7.11 Å². The van der Waals surface area contributed by atoms with Crippen LogP contribution in [0.2, 0.25) is 0 Å². The molecule has 1 heterocycles. The van der Waals surface area contributed by atoms with Crippen LogP contribution in [0.5, 0.6) is 5.75 Å². The van der Waals surface area contributed by atoms with Gasteiger partial charge in [-0.3, -0.25) is 14.9 Å². The summed E-state index contributed by atoms with van der Waals surface area (Å²) in [7, 11) is 1.59. The average Bonchev–Trinajstić information content (AvgIpc) is 3.30. The second kappa shape index (κ2) is 11.1. The zero-order valence-corrected chi connectivity index (χ0v) is 19.6. The fraction of sp³-hybridized carbons (Fsp3) is 0.304. The largest absolute Gasteiger partial charge is 0.497 e. The lowest BCUT2D eigenvalue weighted by Gasteiger charge is -2.24. The highest BCUT2D eigenvalue weighted by atomic mass is 35.5. The van der Waals surface area contributed by atoms with Crippen LogP contribution in [-0.4, -0.2) is 35.2 Å². The number of nitrogens with one attached hydrogen (secondary N) is 2. The van der Waals surface area contributed by atoms with E-state index in [2.05, 4.69) is 20.8 Å². The molecule has 0 bridgehead atoms. The van der Waals surface area contributed by atoms with E-state index in [4.69, 9.17) is 16.3 Å². The molecule has 0 saturated heterocycles. The van der Waals surface area contributed by atoms with E-state index in [0.29, 0.717) is 27.9 Å². The van der Waals surface area contributed by atoms with Crippen LogP contribution in [0.3, 0.4) is 0 Å². The van der Waals surface area contributed by atoms with Gasteiger partial charge in [-0.2, -0.15) is 0 Å². The number of hydrogen-bond acceptors (Lipinski definition) is 6. The molecular formula is C23H25ClN4O3S. The van der Waals surface area contributed by atoms with Crippen LogP contribution in [0, 0.1) is 5.92 Å². The Morgan fingerprint density at radius 3 is 2.53 bits per heavy atom. The molecule has 0 saturated carbocycles. The van der Waals surface area contributed by atoms with Crippen molar-refractivity contribution < 1.29 is 14.3 Å². The molecular weight excluding hydrogens is 448 g/mol. The minimum Gasteiger partial charge on any atom is -0.497 e. The van der Waals surface area contributed by atoms with Gasteiger partial charge in [0.1, 0.15) is 22.2 Å². The van der Waals surface area contributed by atoms with Gasteiger partial charge < -0.3 is 10.1 Å². The minimum atomic E-state index is -0.892. The number of carbonyl (C=O) groups is 2. The third-order valence-corrected chi connectivity index (χ3v) is 6.43. The molecule has 2 aromatic carbocycles. The molecule has 2 amide bonds. The fourth-order valence-electron chi connectivity index (χ4n) is 3.03. The predicted octanol–water partition coefficient (Wildman–Crippen LogP) is 4.66. The molecule has 3 aromatic rings. The zero-order valence-electron chi connectivity index (χ0n) is 18.0. The molecule has 3 unspecified atom stereocenters. The van der Waals surface area contributed by atoms with Gasteiger partial charge in [0.2, 0.25) is 16.9 Å². The second-order valence-electron chi connectivity index (χ2n) is 7.28. The first kappa shape index (κ1) is 23.7. The fourth-order valence-corrected chi connectivity index (χ4v) is 3.98. The van der Waals surface area contributed by atoms with Gasteiger partial charge in [0, 0.05) is 5.56 Å². The van der Waals surface area contributed by atoms with Gasteiger partial charge in [-0.25, -0.2) is 0 Å². The van der Waals surface area contributed by atoms with E-state index in [1.165, 1.54) is 11.3 Å². The summed E-state index contributed by atoms with van der Waals surface area (Å²) in [5.41, 5.74) is 1.50. The number of halogens is 1. The van der Waals surface area contributed by atoms with Gasteiger partial charge in [-0.05, 0) is 23.6 Å². The van der Waals surface area contributed by atoms with Gasteiger partial charge in [-0.15, -0.1) is 21.8 Å². The Hall–Kier alpha value is -2.97. The van der Waals surface area contributed by atoms with Crippen LogP contribution in [0.25, 0.3) is 10.6 Å². The van der Waals surface area contributed by atoms with Crippen molar-refractivity contribution in [3.8, 4) is 16.3 Å². The number of carbonyl (C=O) groups excluding carboxylic acids is 2. The van der Waals surface area contributed by atoms with E-state index in [1.54, 1.807) is 19.2 Å². The first-order valence-electron chi connectivity index (χ1n) is 10.2. The molecule has 3 atom stereocenters. The van der Waals surface area contributed by atoms with Gasteiger partial charge in [0.15, 0.2) is 0 Å². The van der Waals surface area contributed by atoms with Crippen molar-refractivity contribution in [3.05, 3.63) is 60.2 Å². The molecule has 0 radical (unpaired) electrons. The van der Waals surface area contributed by atoms with Crippen LogP contribution < -0.4 is 15.4 Å². The quantitative estimate of drug-likeness (QED) is 0.441. The van der Waals surface area contributed by atoms with Crippen LogP contribution in [0.15, 0.2) is 54.6 Å². The molecule has 0 fully saturated rings. The second-order valence-corrected chi connectivity index (χ2v) is 8.69. The molecule has 2 N–H and O–H groups in total. The number of methoxy groups -OCH3 is 1. The smallest absolute Gasteiger partial charge is 0.249 e. The average molecular weight is 473 g/mol. The normalized spacial score (nSPS) is 13.6. The van der Waals surface area contributed by atoms with Gasteiger partial charge >= 0.3 is 0 Å². The summed E-state index contributed by atoms with van der Waals surface area (Å²) >= 11 is 7.58. The van der Waals surface area contributed by atoms with Crippen molar-refractivity contribution in [2.24, 2.45) is 5.92 Å². The van der Waals surface area contributed by atoms with Gasteiger partial charge in [0.25, 0.3) is 0 Å². The Kier molecular flexibility index (Phi) is 8.19. The third kappa shape index (κ3) is 5.83. The highest BCUT2D eigenvalue weighted by Gasteiger charge is 2.29. The van der Waals surface area contributed by atoms with Crippen molar-refractivity contribution in [2.45, 2.75) is 31.7 Å². The molecule has 1 aromatic heterocycles. The number of ether oxygens (including phenoxy) is 1. The van der Waals surface area contributed by atoms with Gasteiger partial charge in [-0.1, -0.05) is 74.1 Å². The van der Waals surface area contributed by atoms with E-state index in [9.17, 15) is 9.59 Å². The summed E-state index contributed by atoms with van der Waals surface area (Å²) in [6.07, 6.45) is 0.696. The van der Waals surface area contributed by atoms with Crippen molar-refractivity contribution in [1.82, 2.24) is 15.5 Å². The third-order valence-electron chi connectivity index (χ3n) is 5.09. The molecule has 0 aliphatic carbocycles. The lowest BCUT2D eigenvalue weighted by molar-refractivity contribution is -0.127. The monoisotopic (exact) mass is 472 g/mol. The summed E-state index contributed by atoms with van der Waals surface area (Å²) in [4.78, 5) is 25.7. The van der Waals surface area contributed by atoms with E-state index < -0.39 is 17.3 Å². The molecule has 9 heteroatoms. The first-order valence-corrected chi connectivity index (χ1v) is 11.5. The summed E-state index contributed by atoms with van der Waals surface area (Å²) in [6.45, 7) is 3.86. The lowest BCUT2D eigenvalue weighted by atomic mass is 9.98. The number of benzene rings is 2. The maximum absolute atomic E-state index is 13.0. The highest BCUT2D eigenvalue weighted by molar-refractivity contribution is 7.18. The van der Waals surface area contributed by atoms with Crippen LogP contribution in [-0.2, 0) is 9.59 Å². The molecule has 0 spiro atoms. The Labute approximate surface area is 196 Å². The number of hydrogen-bond donors (Lipinski definition) is 2. The number of aromatic nitrogens is 2. The number of alkyl halides is 1. The maximum Gasteiger partial charge on any atom is 0.249 e.